The van der Waals surface area contributed by atoms with Crippen molar-refractivity contribution in [2.75, 3.05) is 0 Å². The normalized spacial score (nSPS) is 0.750. The second-order valence-corrected chi connectivity index (χ2v) is 0. The molecule has 0 rings (SSSR count). The SMILES string of the molecule is [Ca+2].[H-].[H-].[O]=[Ti].[SiH3]. The van der Waals surface area contributed by atoms with Crippen LogP contribution >= 0.6 is 0 Å². The Balaban J connectivity index is -0.000000000833. The van der Waals surface area contributed by atoms with Gasteiger partial charge in [0, 0.05) is 0 Å². The van der Waals surface area contributed by atoms with Crippen LogP contribution in [0.25, 0.3) is 0 Å². The molecule has 0 spiro atoms. The van der Waals surface area contributed by atoms with Crippen LogP contribution in [0, 0.1) is 0 Å². The topological polar surface area (TPSA) is 17.1 Å². The van der Waals surface area contributed by atoms with E-state index in [0.29, 0.717) is 0 Å². The van der Waals surface area contributed by atoms with Crippen LogP contribution in [0.2, 0.25) is 0 Å². The van der Waals surface area contributed by atoms with E-state index in [2.05, 4.69) is 0 Å². The average Bonchev–Trinajstić information content (AvgIpc) is 1.00. The van der Waals surface area contributed by atoms with E-state index in [-0.39, 0.29) is 51.6 Å². The summed E-state index contributed by atoms with van der Waals surface area (Å²) >= 11 is 0.750. The van der Waals surface area contributed by atoms with Gasteiger partial charge < -0.3 is 2.85 Å². The van der Waals surface area contributed by atoms with Gasteiger partial charge in [-0.15, -0.1) is 0 Å². The first-order valence-corrected chi connectivity index (χ1v) is 0.842. The van der Waals surface area contributed by atoms with E-state index in [1.54, 1.807) is 0 Å². The van der Waals surface area contributed by atoms with E-state index in [9.17, 15) is 0 Å². The Kier molecular flexibility index (Phi) is 83.6. The molecule has 4 heavy (non-hydrogen) atoms. The van der Waals surface area contributed by atoms with Crippen LogP contribution < -0.4 is 0 Å². The van der Waals surface area contributed by atoms with Crippen molar-refractivity contribution >= 4 is 48.7 Å². The van der Waals surface area contributed by atoms with Crippen molar-refractivity contribution in [3.05, 3.63) is 0 Å². The Morgan fingerprint density at radius 2 is 1.50 bits per heavy atom. The Morgan fingerprint density at radius 1 is 1.50 bits per heavy atom. The van der Waals surface area contributed by atoms with Crippen molar-refractivity contribution in [1.82, 2.24) is 0 Å². The number of rotatable bonds is 0. The first-order valence-electron chi connectivity index (χ1n) is 0.204. The fourth-order valence-electron chi connectivity index (χ4n) is 0. The summed E-state index contributed by atoms with van der Waals surface area (Å²) in [6.07, 6.45) is 0. The van der Waals surface area contributed by atoms with Crippen LogP contribution in [0.5, 0.6) is 0 Å². The maximum atomic E-state index is 8.25. The summed E-state index contributed by atoms with van der Waals surface area (Å²) in [6.45, 7) is 0. The van der Waals surface area contributed by atoms with Crippen LogP contribution in [0.15, 0.2) is 0 Å². The van der Waals surface area contributed by atoms with Crippen LogP contribution in [0.3, 0.4) is 0 Å². The monoisotopic (exact) mass is 137 g/mol. The minimum absolute atomic E-state index is 0. The second-order valence-electron chi connectivity index (χ2n) is 0. The van der Waals surface area contributed by atoms with Gasteiger partial charge in [-0.1, -0.05) is 0 Å². The van der Waals surface area contributed by atoms with E-state index in [1.165, 1.54) is 0 Å². The fourth-order valence-corrected chi connectivity index (χ4v) is 0. The summed E-state index contributed by atoms with van der Waals surface area (Å²) in [6, 6.07) is 0. The molecule has 0 aromatic rings. The third-order valence-electron chi connectivity index (χ3n) is 0. The summed E-state index contributed by atoms with van der Waals surface area (Å²) in [5.74, 6) is 0. The molecule has 0 saturated heterocycles. The molecule has 0 bridgehead atoms. The molecular formula is H5CaOSiTi. The van der Waals surface area contributed by atoms with Crippen molar-refractivity contribution in [1.29, 1.82) is 0 Å². The molecule has 0 saturated carbocycles. The van der Waals surface area contributed by atoms with E-state index in [0.717, 1.165) is 20.4 Å². The van der Waals surface area contributed by atoms with Crippen LogP contribution in [-0.2, 0) is 23.7 Å². The molecule has 0 fully saturated rings. The largest absolute Gasteiger partial charge is 0.0125 e. The summed E-state index contributed by atoms with van der Waals surface area (Å²) in [5, 5.41) is 0. The zero-order chi connectivity index (χ0) is 2.00. The van der Waals surface area contributed by atoms with E-state index in [1.807, 2.05) is 0 Å². The van der Waals surface area contributed by atoms with E-state index < -0.39 is 0 Å². The Bertz CT molecular complexity index is 13.5. The smallest absolute Gasteiger partial charge is 0.0125 e. The maximum Gasteiger partial charge on any atom is -0.0125 e. The standard InChI is InChI=1S/Ca.O.H3Si.Ti.2H/h;;1H3;;;/q+2;;;;2*-1. The first kappa shape index (κ1) is 16.7. The van der Waals surface area contributed by atoms with Gasteiger partial charge in [0.1, 0.15) is 0 Å². The van der Waals surface area contributed by atoms with Crippen molar-refractivity contribution in [3.63, 3.8) is 0 Å². The molecular weight excluding hydrogens is 132 g/mol. The van der Waals surface area contributed by atoms with Crippen LogP contribution in [0.1, 0.15) is 2.85 Å². The molecule has 21 valence electrons. The van der Waals surface area contributed by atoms with Gasteiger partial charge in [0.05, 0.1) is 0 Å². The molecule has 0 aliphatic heterocycles. The zero-order valence-corrected chi connectivity index (χ0v) is 8.39. The van der Waals surface area contributed by atoms with Gasteiger partial charge in [-0.25, -0.2) is 0 Å². The molecule has 0 unspecified atom stereocenters. The first-order chi connectivity index (χ1) is 1.00. The van der Waals surface area contributed by atoms with Crippen LogP contribution in [-0.4, -0.2) is 48.7 Å². The Morgan fingerprint density at radius 3 is 1.50 bits per heavy atom. The summed E-state index contributed by atoms with van der Waals surface area (Å²) in [7, 11) is 0. The summed E-state index contributed by atoms with van der Waals surface area (Å²) < 4.78 is 8.25. The summed E-state index contributed by atoms with van der Waals surface area (Å²) in [4.78, 5) is 0. The molecule has 0 amide bonds. The molecule has 0 atom stereocenters. The van der Waals surface area contributed by atoms with Gasteiger partial charge in [-0.05, 0) is 11.0 Å². The molecule has 1 radical (unpaired) electrons. The third kappa shape index (κ3) is 9.01. The molecule has 0 aliphatic rings. The Labute approximate surface area is 74.2 Å². The predicted octanol–water partition coefficient (Wildman–Crippen LogP) is -1.46. The van der Waals surface area contributed by atoms with Gasteiger partial charge in [0.25, 0.3) is 0 Å². The van der Waals surface area contributed by atoms with Gasteiger partial charge >= 0.3 is 61.5 Å². The van der Waals surface area contributed by atoms with Crippen molar-refractivity contribution in [3.8, 4) is 0 Å². The molecule has 0 aromatic heterocycles. The van der Waals surface area contributed by atoms with Gasteiger partial charge in [0.15, 0.2) is 0 Å². The number of hydrogen-bond acceptors (Lipinski definition) is 1. The minimum atomic E-state index is 0. The maximum absolute atomic E-state index is 8.25. The minimum Gasteiger partial charge on any atom is -0.0125 e. The van der Waals surface area contributed by atoms with Crippen molar-refractivity contribution < 1.29 is 26.6 Å². The fraction of sp³-hybridized carbons (Fsp3) is 0. The molecule has 0 aromatic carbocycles. The molecule has 0 heterocycles. The van der Waals surface area contributed by atoms with Crippen molar-refractivity contribution in [2.24, 2.45) is 0 Å². The number of hydrogen-bond donors (Lipinski definition) is 0. The van der Waals surface area contributed by atoms with E-state index in [4.69, 9.17) is 3.32 Å². The summed E-state index contributed by atoms with van der Waals surface area (Å²) in [5.41, 5.74) is 0. The quantitative estimate of drug-likeness (QED) is 0.373. The molecule has 4 heteroatoms. The zero-order valence-electron chi connectivity index (χ0n) is 4.62. The average molecular weight is 137 g/mol. The van der Waals surface area contributed by atoms with Gasteiger partial charge in [-0.2, -0.15) is 0 Å². The third-order valence-corrected chi connectivity index (χ3v) is 0. The van der Waals surface area contributed by atoms with Gasteiger partial charge in [-0.3, -0.25) is 0 Å². The van der Waals surface area contributed by atoms with Crippen LogP contribution in [0.4, 0.5) is 0 Å². The Hall–Kier alpha value is 1.99. The second kappa shape index (κ2) is 20.1. The predicted molar refractivity (Wildman–Crippen MR) is 18.6 cm³/mol. The molecule has 0 N–H and O–H groups in total. The van der Waals surface area contributed by atoms with Gasteiger partial charge in [0.2, 0.25) is 0 Å². The van der Waals surface area contributed by atoms with E-state index >= 15 is 0 Å². The molecule has 0 aliphatic carbocycles. The van der Waals surface area contributed by atoms with Crippen molar-refractivity contribution in [2.45, 2.75) is 0 Å². The molecule has 1 nitrogen and oxygen atoms in total.